The summed E-state index contributed by atoms with van der Waals surface area (Å²) < 4.78 is 17.2. The molecular weight excluding hydrogens is 469 g/mol. The molecule has 182 valence electrons. The van der Waals surface area contributed by atoms with E-state index in [1.807, 2.05) is 18.2 Å². The van der Waals surface area contributed by atoms with Crippen molar-refractivity contribution in [3.8, 4) is 11.5 Å². The van der Waals surface area contributed by atoms with Gasteiger partial charge in [-0.1, -0.05) is 55.6 Å². The predicted molar refractivity (Wildman–Crippen MR) is 144 cm³/mol. The molecule has 33 heavy (non-hydrogen) atoms. The van der Waals surface area contributed by atoms with Crippen molar-refractivity contribution in [2.45, 2.75) is 39.2 Å². The Kier molecular flexibility index (Phi) is 14.3. The average Bonchev–Trinajstić information content (AvgIpc) is 2.76. The second-order valence-electron chi connectivity index (χ2n) is 7.85. The molecule has 0 aliphatic heterocycles. The molecule has 0 saturated carbocycles. The summed E-state index contributed by atoms with van der Waals surface area (Å²) in [6.07, 6.45) is 3.43. The first kappa shape index (κ1) is 30.6. The topological polar surface area (TPSA) is 85.2 Å². The van der Waals surface area contributed by atoms with Crippen LogP contribution in [-0.2, 0) is 19.4 Å². The minimum Gasteiger partial charge on any atom is -0.504 e. The highest BCUT2D eigenvalue weighted by atomic mass is 28.5. The number of rotatable bonds is 9. The van der Waals surface area contributed by atoms with Crippen molar-refractivity contribution in [2.75, 3.05) is 7.11 Å². The van der Waals surface area contributed by atoms with E-state index in [0.717, 1.165) is 18.1 Å². The highest BCUT2D eigenvalue weighted by Crippen LogP contribution is 2.26. The first-order valence-corrected chi connectivity index (χ1v) is 18.4. The summed E-state index contributed by atoms with van der Waals surface area (Å²) in [4.78, 5) is 9.25. The fraction of sp³-hybridized carbons (Fsp3) is 0.292. The van der Waals surface area contributed by atoms with Crippen molar-refractivity contribution >= 4 is 37.8 Å². The molecule has 0 radical (unpaired) electrons. The van der Waals surface area contributed by atoms with E-state index in [1.165, 1.54) is 12.3 Å². The second kappa shape index (κ2) is 15.4. The highest BCUT2D eigenvalue weighted by molar-refractivity contribution is 6.91. The van der Waals surface area contributed by atoms with E-state index < -0.39 is 22.8 Å². The number of phenolic OH excluding ortho intramolecular Hbond substituents is 1. The van der Waals surface area contributed by atoms with Crippen LogP contribution in [0.3, 0.4) is 0 Å². The van der Waals surface area contributed by atoms with Crippen LogP contribution in [0.4, 0.5) is 0 Å². The third kappa shape index (κ3) is 13.0. The Morgan fingerprint density at radius 3 is 2.12 bits per heavy atom. The Labute approximate surface area is 202 Å². The zero-order valence-corrected chi connectivity index (χ0v) is 24.0. The largest absolute Gasteiger partial charge is 0.504 e. The van der Waals surface area contributed by atoms with Crippen molar-refractivity contribution in [3.05, 3.63) is 79.4 Å². The number of phenols is 1. The van der Waals surface area contributed by atoms with Crippen LogP contribution in [0.25, 0.3) is 0 Å². The summed E-state index contributed by atoms with van der Waals surface area (Å²) in [6.45, 7) is 17.6. The summed E-state index contributed by atoms with van der Waals surface area (Å²) in [5, 5.41) is 18.2. The number of methoxy groups -OCH3 is 1. The molecule has 2 N–H and O–H groups in total. The van der Waals surface area contributed by atoms with Gasteiger partial charge in [0, 0.05) is 6.08 Å². The maximum absolute atomic E-state index is 9.25. The van der Waals surface area contributed by atoms with E-state index >= 15 is 0 Å². The van der Waals surface area contributed by atoms with Crippen LogP contribution in [0, 0.1) is 0 Å². The first-order valence-electron chi connectivity index (χ1n) is 10.6. The fourth-order valence-electron chi connectivity index (χ4n) is 2.91. The average molecular weight is 507 g/mol. The molecule has 0 fully saturated rings. The normalized spacial score (nSPS) is 11.0. The number of benzene rings is 2. The number of carboxylic acid groups (broad SMARTS) is 1. The zero-order chi connectivity index (χ0) is 25.5. The summed E-state index contributed by atoms with van der Waals surface area (Å²) in [5.41, 5.74) is 1.08. The Morgan fingerprint density at radius 2 is 1.67 bits per heavy atom. The lowest BCUT2D eigenvalue weighted by molar-refractivity contribution is -0.131. The maximum atomic E-state index is 9.25. The van der Waals surface area contributed by atoms with Crippen LogP contribution in [0.1, 0.15) is 5.56 Å². The molecular formula is C24H38O6Si3. The Morgan fingerprint density at radius 1 is 1.09 bits per heavy atom. The Hall–Kier alpha value is -2.44. The lowest BCUT2D eigenvalue weighted by Gasteiger charge is -2.33. The minimum atomic E-state index is -1.90. The number of carboxylic acids is 1. The standard InChI is InChI=1S/C11H22O2Si3.C10H12O2.C3H4O2/c1-14-12-16(4,5)13-15(2,3)11-9-7-6-8-10-11;1-3-4-8-5-6-9(11)10(7-8)12-2;1-2-3(4)5/h6-10H,14H2,1-5H3;3,5-7,11H,1,4H2,2H3;2H,1H2,(H,4,5). The summed E-state index contributed by atoms with van der Waals surface area (Å²) >= 11 is 0. The molecule has 2 aromatic rings. The Balaban J connectivity index is 0.000000530. The van der Waals surface area contributed by atoms with Gasteiger partial charge in [-0.05, 0) is 55.5 Å². The first-order chi connectivity index (χ1) is 15.4. The monoisotopic (exact) mass is 506 g/mol. The number of hydrogen-bond acceptors (Lipinski definition) is 5. The lowest BCUT2D eigenvalue weighted by atomic mass is 10.1. The van der Waals surface area contributed by atoms with Crippen molar-refractivity contribution in [2.24, 2.45) is 0 Å². The summed E-state index contributed by atoms with van der Waals surface area (Å²) in [7, 11) is -2.54. The van der Waals surface area contributed by atoms with Gasteiger partial charge in [0.2, 0.25) is 8.32 Å². The van der Waals surface area contributed by atoms with E-state index in [-0.39, 0.29) is 15.5 Å². The minimum absolute atomic E-state index is 0.172. The molecule has 2 aromatic carbocycles. The van der Waals surface area contributed by atoms with Crippen LogP contribution in [-0.4, -0.2) is 49.9 Å². The molecule has 0 aliphatic rings. The molecule has 0 bridgehead atoms. The van der Waals surface area contributed by atoms with Crippen molar-refractivity contribution in [1.29, 1.82) is 0 Å². The van der Waals surface area contributed by atoms with E-state index in [9.17, 15) is 9.90 Å². The van der Waals surface area contributed by atoms with E-state index in [0.29, 0.717) is 5.75 Å². The number of ether oxygens (including phenoxy) is 1. The van der Waals surface area contributed by atoms with Gasteiger partial charge < -0.3 is 23.2 Å². The van der Waals surface area contributed by atoms with E-state index in [4.69, 9.17) is 18.1 Å². The summed E-state index contributed by atoms with van der Waals surface area (Å²) in [5.74, 6) is -0.301. The number of hydrogen-bond donors (Lipinski definition) is 2. The zero-order valence-electron chi connectivity index (χ0n) is 20.6. The van der Waals surface area contributed by atoms with Crippen molar-refractivity contribution < 1.29 is 28.0 Å². The number of aliphatic carboxylic acids is 1. The van der Waals surface area contributed by atoms with E-state index in [1.54, 1.807) is 12.1 Å². The quantitative estimate of drug-likeness (QED) is 0.299. The van der Waals surface area contributed by atoms with E-state index in [2.05, 4.69) is 70.2 Å². The molecule has 0 amide bonds. The maximum Gasteiger partial charge on any atom is 0.327 e. The van der Waals surface area contributed by atoms with Crippen LogP contribution in [0.2, 0.25) is 32.7 Å². The molecule has 0 saturated heterocycles. The van der Waals surface area contributed by atoms with Crippen LogP contribution in [0.5, 0.6) is 11.5 Å². The number of aromatic hydroxyl groups is 1. The molecule has 0 unspecified atom stereocenters. The van der Waals surface area contributed by atoms with Gasteiger partial charge in [0.15, 0.2) is 11.5 Å². The van der Waals surface area contributed by atoms with Gasteiger partial charge in [0.25, 0.3) is 0 Å². The Bertz CT molecular complexity index is 870. The summed E-state index contributed by atoms with van der Waals surface area (Å²) in [6, 6.07) is 15.8. The van der Waals surface area contributed by atoms with Gasteiger partial charge >= 0.3 is 14.5 Å². The van der Waals surface area contributed by atoms with Gasteiger partial charge in [-0.25, -0.2) is 4.79 Å². The second-order valence-corrected chi connectivity index (χ2v) is 16.8. The molecule has 0 atom stereocenters. The molecule has 0 spiro atoms. The molecule has 0 aliphatic carbocycles. The van der Waals surface area contributed by atoms with Gasteiger partial charge in [-0.15, -0.1) is 6.58 Å². The molecule has 2 rings (SSSR count). The molecule has 6 nitrogen and oxygen atoms in total. The van der Waals surface area contributed by atoms with Gasteiger partial charge in [-0.2, -0.15) is 0 Å². The fourth-order valence-corrected chi connectivity index (χ4v) is 12.8. The third-order valence-corrected chi connectivity index (χ3v) is 13.9. The SMILES string of the molecule is C=CC(=O)O.C=CCc1ccc(O)c(OC)c1.C[SiH2]O[Si](C)(C)O[Si](C)(C)c1ccccc1. The van der Waals surface area contributed by atoms with Gasteiger partial charge in [-0.3, -0.25) is 0 Å². The van der Waals surface area contributed by atoms with Crippen molar-refractivity contribution in [3.63, 3.8) is 0 Å². The number of allylic oxidation sites excluding steroid dienone is 1. The van der Waals surface area contributed by atoms with Gasteiger partial charge in [0.05, 0.1) is 7.11 Å². The van der Waals surface area contributed by atoms with Crippen LogP contribution >= 0.6 is 0 Å². The van der Waals surface area contributed by atoms with Crippen molar-refractivity contribution in [1.82, 2.24) is 0 Å². The molecule has 0 aromatic heterocycles. The predicted octanol–water partition coefficient (Wildman–Crippen LogP) is 4.35. The number of carbonyl (C=O) groups is 1. The van der Waals surface area contributed by atoms with Crippen LogP contribution in [0.15, 0.2) is 73.8 Å². The lowest BCUT2D eigenvalue weighted by Crippen LogP contribution is -2.54. The molecule has 0 heterocycles. The smallest absolute Gasteiger partial charge is 0.327 e. The third-order valence-electron chi connectivity index (χ3n) is 4.26. The highest BCUT2D eigenvalue weighted by Gasteiger charge is 2.35. The molecule has 9 heteroatoms. The van der Waals surface area contributed by atoms with Gasteiger partial charge in [0.1, 0.15) is 9.76 Å². The van der Waals surface area contributed by atoms with Crippen LogP contribution < -0.4 is 9.92 Å².